The zero-order valence-corrected chi connectivity index (χ0v) is 17.5. The van der Waals surface area contributed by atoms with E-state index >= 15 is 0 Å². The summed E-state index contributed by atoms with van der Waals surface area (Å²) in [4.78, 5) is 26.9. The summed E-state index contributed by atoms with van der Waals surface area (Å²) >= 11 is 4.93. The molecule has 2 N–H and O–H groups in total. The molecule has 1 aromatic carbocycles. The highest BCUT2D eigenvalue weighted by molar-refractivity contribution is 9.10. The summed E-state index contributed by atoms with van der Waals surface area (Å²) in [7, 11) is 0. The molecule has 1 aliphatic heterocycles. The van der Waals surface area contributed by atoms with Crippen molar-refractivity contribution in [2.24, 2.45) is 5.92 Å². The molecule has 1 saturated heterocycles. The third-order valence-corrected chi connectivity index (χ3v) is 6.02. The first-order valence-corrected chi connectivity index (χ1v) is 10.9. The van der Waals surface area contributed by atoms with Gasteiger partial charge in [-0.25, -0.2) is 0 Å². The van der Waals surface area contributed by atoms with Crippen LogP contribution in [0.2, 0.25) is 0 Å². The molecule has 144 valence electrons. The molecule has 0 spiro atoms. The van der Waals surface area contributed by atoms with Crippen LogP contribution in [-0.2, 0) is 4.79 Å². The van der Waals surface area contributed by atoms with Crippen LogP contribution in [0.15, 0.2) is 46.3 Å². The molecular weight excluding hydrogens is 426 g/mol. The van der Waals surface area contributed by atoms with Crippen LogP contribution < -0.4 is 15.5 Å². The van der Waals surface area contributed by atoms with Crippen molar-refractivity contribution < 1.29 is 9.59 Å². The van der Waals surface area contributed by atoms with E-state index in [1.54, 1.807) is 6.07 Å². The maximum atomic E-state index is 12.0. The highest BCUT2D eigenvalue weighted by atomic mass is 79.9. The van der Waals surface area contributed by atoms with Crippen molar-refractivity contribution in [3.63, 3.8) is 0 Å². The van der Waals surface area contributed by atoms with Crippen LogP contribution in [0, 0.1) is 5.92 Å². The van der Waals surface area contributed by atoms with Gasteiger partial charge >= 0.3 is 0 Å². The molecule has 1 aromatic heterocycles. The zero-order valence-electron chi connectivity index (χ0n) is 15.1. The third kappa shape index (κ3) is 6.07. The fourth-order valence-electron chi connectivity index (χ4n) is 3.20. The second-order valence-electron chi connectivity index (χ2n) is 6.72. The molecule has 27 heavy (non-hydrogen) atoms. The van der Waals surface area contributed by atoms with Crippen LogP contribution >= 0.6 is 27.3 Å². The maximum absolute atomic E-state index is 12.0. The third-order valence-electron chi connectivity index (χ3n) is 4.66. The summed E-state index contributed by atoms with van der Waals surface area (Å²) in [6.45, 7) is 3.22. The van der Waals surface area contributed by atoms with Gasteiger partial charge in [-0.2, -0.15) is 0 Å². The Kier molecular flexibility index (Phi) is 7.29. The highest BCUT2D eigenvalue weighted by Gasteiger charge is 2.23. The summed E-state index contributed by atoms with van der Waals surface area (Å²) in [5, 5.41) is 7.76. The van der Waals surface area contributed by atoms with Crippen molar-refractivity contribution in [2.45, 2.75) is 19.3 Å². The van der Waals surface area contributed by atoms with Crippen molar-refractivity contribution in [2.75, 3.05) is 31.1 Å². The Morgan fingerprint density at radius 3 is 2.89 bits per heavy atom. The first kappa shape index (κ1) is 19.9. The number of thiophene rings is 1. The van der Waals surface area contributed by atoms with Crippen LogP contribution in [0.3, 0.4) is 0 Å². The number of hydrogen-bond acceptors (Lipinski definition) is 4. The van der Waals surface area contributed by atoms with Crippen LogP contribution in [0.5, 0.6) is 0 Å². The summed E-state index contributed by atoms with van der Waals surface area (Å²) in [5.74, 6) is 0.469. The number of carbonyl (C=O) groups excluding carboxylic acids is 2. The number of hydrogen-bond donors (Lipinski definition) is 2. The number of halogens is 1. The van der Waals surface area contributed by atoms with E-state index in [2.05, 4.69) is 43.6 Å². The minimum atomic E-state index is -0.0657. The number of anilines is 1. The minimum absolute atomic E-state index is 0.0567. The number of carbonyl (C=O) groups is 2. The van der Waals surface area contributed by atoms with Gasteiger partial charge in [0.2, 0.25) is 5.91 Å². The molecule has 5 nitrogen and oxygen atoms in total. The van der Waals surface area contributed by atoms with Crippen molar-refractivity contribution >= 4 is 44.8 Å². The monoisotopic (exact) mass is 449 g/mol. The summed E-state index contributed by atoms with van der Waals surface area (Å²) in [6.07, 6.45) is 2.17. The quantitative estimate of drug-likeness (QED) is 0.604. The molecule has 1 fully saturated rings. The largest absolute Gasteiger partial charge is 0.371 e. The topological polar surface area (TPSA) is 61.4 Å². The van der Waals surface area contributed by atoms with E-state index in [0.29, 0.717) is 36.7 Å². The van der Waals surface area contributed by atoms with Gasteiger partial charge in [0.25, 0.3) is 5.91 Å². The maximum Gasteiger partial charge on any atom is 0.261 e. The first-order chi connectivity index (χ1) is 13.1. The number of benzene rings is 1. The second-order valence-corrected chi connectivity index (χ2v) is 8.58. The van der Waals surface area contributed by atoms with Crippen LogP contribution in [0.4, 0.5) is 5.69 Å². The van der Waals surface area contributed by atoms with Crippen molar-refractivity contribution in [1.29, 1.82) is 0 Å². The molecule has 2 aromatic rings. The average molecular weight is 450 g/mol. The number of rotatable bonds is 8. The molecule has 0 aliphatic carbocycles. The van der Waals surface area contributed by atoms with E-state index in [-0.39, 0.29) is 11.8 Å². The molecule has 0 radical (unpaired) electrons. The molecule has 1 atom stereocenters. The molecule has 2 amide bonds. The SMILES string of the molecule is O=C(CCCNC(=O)c1cccs1)NCC1CCN(c2cccc(Br)c2)C1. The Morgan fingerprint density at radius 1 is 1.22 bits per heavy atom. The Morgan fingerprint density at radius 2 is 2.11 bits per heavy atom. The fraction of sp³-hybridized carbons (Fsp3) is 0.400. The van der Waals surface area contributed by atoms with Crippen LogP contribution in [0.25, 0.3) is 0 Å². The number of nitrogens with zero attached hydrogens (tertiary/aromatic N) is 1. The molecular formula is C20H24BrN3O2S. The van der Waals surface area contributed by atoms with E-state index in [4.69, 9.17) is 0 Å². The zero-order chi connectivity index (χ0) is 19.1. The second kappa shape index (κ2) is 9.90. The lowest BCUT2D eigenvalue weighted by Crippen LogP contribution is -2.31. The van der Waals surface area contributed by atoms with Gasteiger partial charge in [0.15, 0.2) is 0 Å². The molecule has 0 saturated carbocycles. The highest BCUT2D eigenvalue weighted by Crippen LogP contribution is 2.25. The number of nitrogens with one attached hydrogen (secondary N) is 2. The van der Waals surface area contributed by atoms with E-state index < -0.39 is 0 Å². The summed E-state index contributed by atoms with van der Waals surface area (Å²) in [6, 6.07) is 12.0. The predicted molar refractivity (Wildman–Crippen MR) is 113 cm³/mol. The van der Waals surface area contributed by atoms with Crippen molar-refractivity contribution in [3.8, 4) is 0 Å². The van der Waals surface area contributed by atoms with E-state index in [9.17, 15) is 9.59 Å². The van der Waals surface area contributed by atoms with E-state index in [1.807, 2.05) is 23.6 Å². The molecule has 2 heterocycles. The molecule has 1 unspecified atom stereocenters. The lowest BCUT2D eigenvalue weighted by atomic mass is 10.1. The van der Waals surface area contributed by atoms with Gasteiger partial charge in [-0.1, -0.05) is 28.1 Å². The van der Waals surface area contributed by atoms with E-state index in [0.717, 1.165) is 24.0 Å². The van der Waals surface area contributed by atoms with Gasteiger partial charge in [-0.3, -0.25) is 9.59 Å². The molecule has 3 rings (SSSR count). The molecule has 1 aliphatic rings. The normalized spacial score (nSPS) is 16.3. The van der Waals surface area contributed by atoms with E-state index in [1.165, 1.54) is 17.0 Å². The van der Waals surface area contributed by atoms with Gasteiger partial charge in [-0.15, -0.1) is 11.3 Å². The minimum Gasteiger partial charge on any atom is -0.371 e. The van der Waals surface area contributed by atoms with Gasteiger partial charge in [0, 0.05) is 42.8 Å². The van der Waals surface area contributed by atoms with Gasteiger partial charge in [0.05, 0.1) is 4.88 Å². The van der Waals surface area contributed by atoms with Gasteiger partial charge in [0.1, 0.15) is 0 Å². The smallest absolute Gasteiger partial charge is 0.261 e. The molecule has 0 bridgehead atoms. The first-order valence-electron chi connectivity index (χ1n) is 9.21. The molecule has 7 heteroatoms. The Bertz CT molecular complexity index is 766. The number of amides is 2. The Balaban J connectivity index is 1.30. The lowest BCUT2D eigenvalue weighted by molar-refractivity contribution is -0.121. The van der Waals surface area contributed by atoms with Crippen LogP contribution in [0.1, 0.15) is 28.9 Å². The van der Waals surface area contributed by atoms with Crippen LogP contribution in [-0.4, -0.2) is 38.0 Å². The summed E-state index contributed by atoms with van der Waals surface area (Å²) < 4.78 is 1.09. The Hall–Kier alpha value is -1.86. The van der Waals surface area contributed by atoms with Gasteiger partial charge in [-0.05, 0) is 48.4 Å². The Labute approximate surface area is 172 Å². The lowest BCUT2D eigenvalue weighted by Gasteiger charge is -2.19. The standard InChI is InChI=1S/C20H24BrN3O2S/c21-16-4-1-5-17(12-16)24-10-8-15(14-24)13-23-19(25)7-2-9-22-20(26)18-6-3-11-27-18/h1,3-6,11-12,15H,2,7-10,13-14H2,(H,22,26)(H,23,25). The fourth-order valence-corrected chi connectivity index (χ4v) is 4.23. The predicted octanol–water partition coefficient (Wildman–Crippen LogP) is 3.66. The van der Waals surface area contributed by atoms with Crippen molar-refractivity contribution in [1.82, 2.24) is 10.6 Å². The average Bonchev–Trinajstić information content (AvgIpc) is 3.35. The van der Waals surface area contributed by atoms with Crippen molar-refractivity contribution in [3.05, 3.63) is 51.1 Å². The summed E-state index contributed by atoms with van der Waals surface area (Å²) in [5.41, 5.74) is 1.22. The van der Waals surface area contributed by atoms with Gasteiger partial charge < -0.3 is 15.5 Å².